The van der Waals surface area contributed by atoms with Crippen molar-refractivity contribution in [3.63, 3.8) is 0 Å². The molecule has 0 saturated heterocycles. The van der Waals surface area contributed by atoms with Gasteiger partial charge >= 0.3 is 5.97 Å². The number of amidine groups is 1. The van der Waals surface area contributed by atoms with E-state index >= 15 is 4.39 Å². The number of carbonyl (C=O) groups is 3. The largest absolute Gasteiger partial charge is 0.491 e. The fourth-order valence-corrected chi connectivity index (χ4v) is 5.01. The van der Waals surface area contributed by atoms with Crippen LogP contribution >= 0.6 is 17.0 Å². The third kappa shape index (κ3) is 8.28. The van der Waals surface area contributed by atoms with Crippen molar-refractivity contribution in [3.05, 3.63) is 51.8 Å². The van der Waals surface area contributed by atoms with Gasteiger partial charge in [-0.3, -0.25) is 19.8 Å². The quantitative estimate of drug-likeness (QED) is 0.175. The predicted octanol–water partition coefficient (Wildman–Crippen LogP) is 5.57. The van der Waals surface area contributed by atoms with Crippen LogP contribution in [-0.4, -0.2) is 74.4 Å². The monoisotopic (exact) mass is 678 g/mol. The minimum Gasteiger partial charge on any atom is -0.491 e. The molecule has 12 heteroatoms. The number of hydrogen-bond acceptors (Lipinski definition) is 7. The number of amides is 1. The van der Waals surface area contributed by atoms with E-state index in [1.54, 1.807) is 13.0 Å². The smallest absolute Gasteiger partial charge is 0.303 e. The lowest BCUT2D eigenvalue weighted by Gasteiger charge is -2.28. The SMILES string of the molecule is Br.CCOc1c(C(=O)NC)cc2c(c1F)CN(CC(=O)c1cc(N(C)C)c(OCCCCCC(=O)O)c(C(C)(C)C)c1)C2=N. The molecule has 3 N–H and O–H groups in total. The third-order valence-corrected chi connectivity index (χ3v) is 7.30. The van der Waals surface area contributed by atoms with Crippen LogP contribution in [0.4, 0.5) is 10.1 Å². The number of rotatable bonds is 14. The van der Waals surface area contributed by atoms with E-state index in [4.69, 9.17) is 20.0 Å². The van der Waals surface area contributed by atoms with Gasteiger partial charge in [0.25, 0.3) is 5.91 Å². The molecule has 0 fully saturated rings. The average Bonchev–Trinajstić information content (AvgIpc) is 3.25. The zero-order chi connectivity index (χ0) is 32.1. The number of benzene rings is 2. The van der Waals surface area contributed by atoms with E-state index in [9.17, 15) is 14.4 Å². The number of nitrogens with one attached hydrogen (secondary N) is 2. The molecule has 0 aromatic heterocycles. The van der Waals surface area contributed by atoms with Crippen LogP contribution in [0.5, 0.6) is 11.5 Å². The van der Waals surface area contributed by atoms with Gasteiger partial charge in [-0.05, 0) is 49.8 Å². The molecule has 0 saturated carbocycles. The fraction of sp³-hybridized carbons (Fsp3) is 0.500. The number of ether oxygens (including phenoxy) is 2. The third-order valence-electron chi connectivity index (χ3n) is 7.30. The molecule has 1 amide bonds. The molecule has 10 nitrogen and oxygen atoms in total. The van der Waals surface area contributed by atoms with Gasteiger partial charge in [0.2, 0.25) is 0 Å². The van der Waals surface area contributed by atoms with Crippen LogP contribution in [0.15, 0.2) is 18.2 Å². The van der Waals surface area contributed by atoms with Crippen LogP contribution in [0.1, 0.15) is 90.8 Å². The number of Topliss-reactive ketones (excluding diaryl/α,β-unsaturated/α-hetero) is 1. The molecule has 0 unspecified atom stereocenters. The molecule has 0 atom stereocenters. The Morgan fingerprint density at radius 3 is 2.34 bits per heavy atom. The summed E-state index contributed by atoms with van der Waals surface area (Å²) in [6, 6.07) is 5.03. The molecule has 2 aromatic carbocycles. The molecule has 44 heavy (non-hydrogen) atoms. The number of carboxylic acids is 1. The highest BCUT2D eigenvalue weighted by Crippen LogP contribution is 2.40. The molecule has 242 valence electrons. The van der Waals surface area contributed by atoms with Gasteiger partial charge in [-0.15, -0.1) is 17.0 Å². The van der Waals surface area contributed by atoms with Crippen LogP contribution in [-0.2, 0) is 16.8 Å². The van der Waals surface area contributed by atoms with Gasteiger partial charge < -0.3 is 29.7 Å². The Morgan fingerprint density at radius 1 is 1.09 bits per heavy atom. The summed E-state index contributed by atoms with van der Waals surface area (Å²) in [6.45, 7) is 8.20. The van der Waals surface area contributed by atoms with Gasteiger partial charge in [-0.2, -0.15) is 0 Å². The molecule has 0 bridgehead atoms. The molecule has 2 aromatic rings. The fourth-order valence-electron chi connectivity index (χ4n) is 5.01. The Bertz CT molecular complexity index is 1410. The van der Waals surface area contributed by atoms with Crippen molar-refractivity contribution in [2.45, 2.75) is 65.3 Å². The maximum atomic E-state index is 15.5. The van der Waals surface area contributed by atoms with Crippen molar-refractivity contribution in [2.24, 2.45) is 0 Å². The first kappa shape index (κ1) is 36.5. The standard InChI is InChI=1S/C32H43FN4O6.BrH/c1-8-42-28-21(31(41)35-5)16-20-22(27(28)33)17-37(30(20)34)18-25(38)19-14-23(32(2,3)4)29(24(15-19)36(6)7)43-13-11-9-10-12-26(39)40;/h14-16,34H,8-13,17-18H2,1-7H3,(H,35,41)(H,39,40);1H. The molecular weight excluding hydrogens is 635 g/mol. The number of anilines is 1. The number of carbonyl (C=O) groups excluding carboxylic acids is 2. The number of carboxylic acid groups (broad SMARTS) is 1. The molecule has 1 aliphatic rings. The number of aliphatic carboxylic acids is 1. The van der Waals surface area contributed by atoms with Gasteiger partial charge in [0.15, 0.2) is 17.3 Å². The first-order valence-corrected chi connectivity index (χ1v) is 14.5. The lowest BCUT2D eigenvalue weighted by Crippen LogP contribution is -2.30. The lowest BCUT2D eigenvalue weighted by atomic mass is 9.84. The van der Waals surface area contributed by atoms with Crippen LogP contribution in [0.25, 0.3) is 0 Å². The van der Waals surface area contributed by atoms with Gasteiger partial charge in [0.05, 0.1) is 31.0 Å². The van der Waals surface area contributed by atoms with Gasteiger partial charge in [0.1, 0.15) is 11.6 Å². The summed E-state index contributed by atoms with van der Waals surface area (Å²) >= 11 is 0. The molecular formula is C32H44BrFN4O6. The van der Waals surface area contributed by atoms with Crippen LogP contribution in [0, 0.1) is 11.2 Å². The number of fused-ring (bicyclic) bond motifs is 1. The Kier molecular flexibility index (Phi) is 12.8. The minimum atomic E-state index is -0.812. The van der Waals surface area contributed by atoms with Gasteiger partial charge in [-0.25, -0.2) is 4.39 Å². The second kappa shape index (κ2) is 15.4. The summed E-state index contributed by atoms with van der Waals surface area (Å²) in [5.74, 6) is -1.82. The minimum absolute atomic E-state index is 0. The first-order chi connectivity index (χ1) is 20.2. The Hall–Kier alpha value is -3.67. The molecule has 3 rings (SSSR count). The van der Waals surface area contributed by atoms with Crippen molar-refractivity contribution < 1.29 is 33.4 Å². The Balaban J connectivity index is 0.00000675. The highest BCUT2D eigenvalue weighted by molar-refractivity contribution is 8.93. The summed E-state index contributed by atoms with van der Waals surface area (Å²) in [5.41, 5.74) is 2.10. The highest BCUT2D eigenvalue weighted by atomic mass is 79.9. The lowest BCUT2D eigenvalue weighted by molar-refractivity contribution is -0.137. The molecule has 0 aliphatic carbocycles. The summed E-state index contributed by atoms with van der Waals surface area (Å²) in [7, 11) is 5.17. The van der Waals surface area contributed by atoms with Crippen molar-refractivity contribution >= 4 is 46.2 Å². The van der Waals surface area contributed by atoms with Crippen molar-refractivity contribution in [2.75, 3.05) is 45.8 Å². The second-order valence-electron chi connectivity index (χ2n) is 11.8. The molecule has 0 radical (unpaired) electrons. The molecule has 0 spiro atoms. The van der Waals surface area contributed by atoms with E-state index in [-0.39, 0.29) is 82.6 Å². The van der Waals surface area contributed by atoms with E-state index in [0.717, 1.165) is 17.7 Å². The number of nitrogens with zero attached hydrogens (tertiary/aromatic N) is 2. The van der Waals surface area contributed by atoms with Crippen LogP contribution in [0.2, 0.25) is 0 Å². The van der Waals surface area contributed by atoms with E-state index in [2.05, 4.69) is 5.32 Å². The van der Waals surface area contributed by atoms with Gasteiger partial charge in [-0.1, -0.05) is 20.8 Å². The molecule has 1 heterocycles. The second-order valence-corrected chi connectivity index (χ2v) is 11.8. The van der Waals surface area contributed by atoms with E-state index in [1.165, 1.54) is 18.0 Å². The van der Waals surface area contributed by atoms with E-state index < -0.39 is 17.7 Å². The predicted molar refractivity (Wildman–Crippen MR) is 174 cm³/mol. The van der Waals surface area contributed by atoms with Crippen molar-refractivity contribution in [3.8, 4) is 11.5 Å². The maximum Gasteiger partial charge on any atom is 0.303 e. The maximum absolute atomic E-state index is 15.5. The number of halogens is 2. The van der Waals surface area contributed by atoms with E-state index in [0.29, 0.717) is 30.8 Å². The topological polar surface area (TPSA) is 132 Å². The average molecular weight is 680 g/mol. The summed E-state index contributed by atoms with van der Waals surface area (Å²) in [4.78, 5) is 40.3. The van der Waals surface area contributed by atoms with Gasteiger partial charge in [0, 0.05) is 56.4 Å². The summed E-state index contributed by atoms with van der Waals surface area (Å²) < 4.78 is 27.2. The van der Waals surface area contributed by atoms with E-state index in [1.807, 2.05) is 45.8 Å². The zero-order valence-electron chi connectivity index (χ0n) is 26.6. The number of unbranched alkanes of at least 4 members (excludes halogenated alkanes) is 2. The molecule has 1 aliphatic heterocycles. The number of hydrogen-bond donors (Lipinski definition) is 3. The normalized spacial score (nSPS) is 12.4. The Morgan fingerprint density at radius 2 is 1.77 bits per heavy atom. The summed E-state index contributed by atoms with van der Waals surface area (Å²) in [5, 5.41) is 20.1. The summed E-state index contributed by atoms with van der Waals surface area (Å²) in [6.07, 6.45) is 2.14. The van der Waals surface area contributed by atoms with Crippen molar-refractivity contribution in [1.82, 2.24) is 10.2 Å². The van der Waals surface area contributed by atoms with Crippen LogP contribution < -0.4 is 19.7 Å². The number of ketones is 1. The Labute approximate surface area is 269 Å². The zero-order valence-corrected chi connectivity index (χ0v) is 28.3. The van der Waals surface area contributed by atoms with Crippen molar-refractivity contribution in [1.29, 1.82) is 5.41 Å². The van der Waals surface area contributed by atoms with Crippen LogP contribution in [0.3, 0.4) is 0 Å². The highest BCUT2D eigenvalue weighted by Gasteiger charge is 2.34. The first-order valence-electron chi connectivity index (χ1n) is 14.5.